The fraction of sp³-hybridized carbons (Fsp3) is 0.300. The van der Waals surface area contributed by atoms with Crippen LogP contribution >= 0.6 is 0 Å². The van der Waals surface area contributed by atoms with Crippen LogP contribution < -0.4 is 11.1 Å². The van der Waals surface area contributed by atoms with Gasteiger partial charge in [-0.15, -0.1) is 0 Å². The molecule has 0 heterocycles. The van der Waals surface area contributed by atoms with E-state index in [9.17, 15) is 19.3 Å². The summed E-state index contributed by atoms with van der Waals surface area (Å²) < 4.78 is 13.3. The molecule has 0 bridgehead atoms. The number of anilines is 1. The molecule has 1 amide bonds. The number of nitro groups is 1. The number of amides is 1. The molecule has 17 heavy (non-hydrogen) atoms. The summed E-state index contributed by atoms with van der Waals surface area (Å²) in [5.41, 5.74) is 4.90. The molecule has 3 N–H and O–H groups in total. The summed E-state index contributed by atoms with van der Waals surface area (Å²) in [5.74, 6) is -1.32. The fourth-order valence-corrected chi connectivity index (χ4v) is 1.13. The van der Waals surface area contributed by atoms with Crippen LogP contribution in [0.2, 0.25) is 0 Å². The molecule has 1 unspecified atom stereocenters. The molecular formula is C10H12FN3O3. The van der Waals surface area contributed by atoms with Crippen LogP contribution in [0.4, 0.5) is 15.8 Å². The van der Waals surface area contributed by atoms with Crippen LogP contribution in [0.1, 0.15) is 13.3 Å². The maximum Gasteiger partial charge on any atom is 0.271 e. The summed E-state index contributed by atoms with van der Waals surface area (Å²) in [7, 11) is 0. The molecule has 6 nitrogen and oxygen atoms in total. The van der Waals surface area contributed by atoms with Gasteiger partial charge in [-0.25, -0.2) is 4.39 Å². The number of carbonyl (C=O) groups is 1. The molecule has 0 radical (unpaired) electrons. The summed E-state index contributed by atoms with van der Waals surface area (Å²) in [5, 5.41) is 12.7. The Hall–Kier alpha value is -2.02. The third-order valence-corrected chi connectivity index (χ3v) is 2.20. The number of carbonyl (C=O) groups excluding carboxylic acids is 1. The van der Waals surface area contributed by atoms with Gasteiger partial charge < -0.3 is 11.1 Å². The van der Waals surface area contributed by atoms with Gasteiger partial charge in [-0.3, -0.25) is 14.9 Å². The van der Waals surface area contributed by atoms with Crippen molar-refractivity contribution in [2.75, 3.05) is 5.32 Å². The number of halogens is 1. The molecular weight excluding hydrogens is 229 g/mol. The normalized spacial score (nSPS) is 11.9. The summed E-state index contributed by atoms with van der Waals surface area (Å²) in [6.45, 7) is 1.70. The predicted molar refractivity (Wildman–Crippen MR) is 60.0 cm³/mol. The molecule has 0 saturated heterocycles. The van der Waals surface area contributed by atoms with Crippen LogP contribution in [0.15, 0.2) is 18.2 Å². The van der Waals surface area contributed by atoms with E-state index in [4.69, 9.17) is 5.73 Å². The number of hydrogen-bond acceptors (Lipinski definition) is 4. The second kappa shape index (κ2) is 5.35. The van der Waals surface area contributed by atoms with Gasteiger partial charge >= 0.3 is 0 Å². The number of benzene rings is 1. The Morgan fingerprint density at radius 2 is 2.29 bits per heavy atom. The first kappa shape index (κ1) is 13.0. The zero-order valence-electron chi connectivity index (χ0n) is 9.14. The Morgan fingerprint density at radius 3 is 2.82 bits per heavy atom. The maximum absolute atomic E-state index is 13.3. The highest BCUT2D eigenvalue weighted by atomic mass is 19.1. The number of hydrogen-bond donors (Lipinski definition) is 2. The minimum absolute atomic E-state index is 0.242. The topological polar surface area (TPSA) is 98.3 Å². The molecule has 0 aromatic heterocycles. The van der Waals surface area contributed by atoms with E-state index in [-0.39, 0.29) is 11.4 Å². The van der Waals surface area contributed by atoms with Crippen molar-refractivity contribution in [3.05, 3.63) is 34.1 Å². The standard InChI is InChI=1S/C10H12FN3O3/c1-2-8(12)10(15)13-9-5-6(14(16)17)3-4-7(9)11/h3-5,8H,2,12H2,1H3,(H,13,15). The van der Waals surface area contributed by atoms with Crippen molar-refractivity contribution in [3.63, 3.8) is 0 Å². The Balaban J connectivity index is 2.94. The fourth-order valence-electron chi connectivity index (χ4n) is 1.13. The SMILES string of the molecule is CCC(N)C(=O)Nc1cc([N+](=O)[O-])ccc1F. The smallest absolute Gasteiger partial charge is 0.271 e. The average Bonchev–Trinajstić information content (AvgIpc) is 2.30. The van der Waals surface area contributed by atoms with Crippen molar-refractivity contribution < 1.29 is 14.1 Å². The summed E-state index contributed by atoms with van der Waals surface area (Å²) in [6, 6.07) is 2.12. The first-order valence-corrected chi connectivity index (χ1v) is 4.96. The van der Waals surface area contributed by atoms with E-state index < -0.39 is 22.7 Å². The molecule has 0 aliphatic heterocycles. The molecule has 1 rings (SSSR count). The molecule has 0 aliphatic rings. The first-order valence-electron chi connectivity index (χ1n) is 4.96. The van der Waals surface area contributed by atoms with Gasteiger partial charge in [0.25, 0.3) is 5.69 Å². The second-order valence-electron chi connectivity index (χ2n) is 3.43. The Bertz CT molecular complexity index is 450. The minimum Gasteiger partial charge on any atom is -0.322 e. The zero-order valence-corrected chi connectivity index (χ0v) is 9.14. The van der Waals surface area contributed by atoms with Crippen molar-refractivity contribution in [2.24, 2.45) is 5.73 Å². The van der Waals surface area contributed by atoms with E-state index in [1.54, 1.807) is 6.92 Å². The number of nitro benzene ring substituents is 1. The molecule has 7 heteroatoms. The highest BCUT2D eigenvalue weighted by Crippen LogP contribution is 2.21. The third-order valence-electron chi connectivity index (χ3n) is 2.20. The summed E-state index contributed by atoms with van der Waals surface area (Å²) in [4.78, 5) is 21.2. The number of nitrogens with one attached hydrogen (secondary N) is 1. The van der Waals surface area contributed by atoms with Gasteiger partial charge in [-0.2, -0.15) is 0 Å². The minimum atomic E-state index is -0.770. The van der Waals surface area contributed by atoms with E-state index in [1.807, 2.05) is 0 Å². The maximum atomic E-state index is 13.3. The average molecular weight is 241 g/mol. The monoisotopic (exact) mass is 241 g/mol. The molecule has 1 aromatic carbocycles. The van der Waals surface area contributed by atoms with Gasteiger partial charge in [0, 0.05) is 12.1 Å². The lowest BCUT2D eigenvalue weighted by molar-refractivity contribution is -0.384. The van der Waals surface area contributed by atoms with Crippen molar-refractivity contribution >= 4 is 17.3 Å². The van der Waals surface area contributed by atoms with Crippen LogP contribution in [0, 0.1) is 15.9 Å². The van der Waals surface area contributed by atoms with Gasteiger partial charge in [0.05, 0.1) is 16.7 Å². The number of rotatable bonds is 4. The zero-order chi connectivity index (χ0) is 13.0. The van der Waals surface area contributed by atoms with Crippen LogP contribution in [-0.4, -0.2) is 16.9 Å². The number of nitrogens with two attached hydrogens (primary N) is 1. The van der Waals surface area contributed by atoms with Crippen LogP contribution in [0.5, 0.6) is 0 Å². The molecule has 92 valence electrons. The van der Waals surface area contributed by atoms with E-state index in [1.165, 1.54) is 0 Å². The molecule has 1 aromatic rings. The highest BCUT2D eigenvalue weighted by molar-refractivity contribution is 5.94. The number of nitrogens with zero attached hydrogens (tertiary/aromatic N) is 1. The van der Waals surface area contributed by atoms with E-state index in [0.29, 0.717) is 6.42 Å². The van der Waals surface area contributed by atoms with E-state index in [0.717, 1.165) is 18.2 Å². The highest BCUT2D eigenvalue weighted by Gasteiger charge is 2.16. The molecule has 0 fully saturated rings. The Morgan fingerprint density at radius 1 is 1.65 bits per heavy atom. The predicted octanol–water partition coefficient (Wildman–Crippen LogP) is 1.41. The molecule has 0 saturated carbocycles. The largest absolute Gasteiger partial charge is 0.322 e. The quantitative estimate of drug-likeness (QED) is 0.615. The molecule has 0 spiro atoms. The Labute approximate surface area is 96.8 Å². The lowest BCUT2D eigenvalue weighted by Crippen LogP contribution is -2.35. The van der Waals surface area contributed by atoms with Crippen molar-refractivity contribution in [1.82, 2.24) is 0 Å². The second-order valence-corrected chi connectivity index (χ2v) is 3.43. The van der Waals surface area contributed by atoms with Crippen LogP contribution in [0.25, 0.3) is 0 Å². The first-order chi connectivity index (χ1) is 7.95. The van der Waals surface area contributed by atoms with Gasteiger partial charge in [-0.1, -0.05) is 6.92 Å². The van der Waals surface area contributed by atoms with Crippen LogP contribution in [-0.2, 0) is 4.79 Å². The van der Waals surface area contributed by atoms with Crippen molar-refractivity contribution in [1.29, 1.82) is 0 Å². The van der Waals surface area contributed by atoms with Gasteiger partial charge in [-0.05, 0) is 12.5 Å². The Kier molecular flexibility index (Phi) is 4.11. The van der Waals surface area contributed by atoms with Gasteiger partial charge in [0.2, 0.25) is 5.91 Å². The van der Waals surface area contributed by atoms with E-state index in [2.05, 4.69) is 5.32 Å². The van der Waals surface area contributed by atoms with Gasteiger partial charge in [0.1, 0.15) is 5.82 Å². The number of non-ortho nitro benzene ring substituents is 1. The third kappa shape index (κ3) is 3.22. The van der Waals surface area contributed by atoms with Gasteiger partial charge in [0.15, 0.2) is 0 Å². The summed E-state index contributed by atoms with van der Waals surface area (Å²) in [6.07, 6.45) is 0.391. The lowest BCUT2D eigenvalue weighted by Gasteiger charge is -2.10. The molecule has 1 atom stereocenters. The molecule has 0 aliphatic carbocycles. The summed E-state index contributed by atoms with van der Waals surface area (Å²) >= 11 is 0. The van der Waals surface area contributed by atoms with Crippen molar-refractivity contribution in [3.8, 4) is 0 Å². The van der Waals surface area contributed by atoms with Crippen molar-refractivity contribution in [2.45, 2.75) is 19.4 Å². The van der Waals surface area contributed by atoms with E-state index >= 15 is 0 Å². The van der Waals surface area contributed by atoms with Crippen LogP contribution in [0.3, 0.4) is 0 Å². The lowest BCUT2D eigenvalue weighted by atomic mass is 10.2.